The molecule has 3 heterocycles. The maximum Gasteiger partial charge on any atom is 0.417 e. The SMILES string of the molecule is FC(F)(F)c1ccc2nnc(C3CCCN3)n2c1. The molecule has 2 aromatic rings. The van der Waals surface area contributed by atoms with Crippen LogP contribution in [0.3, 0.4) is 0 Å². The molecule has 1 aliphatic rings. The van der Waals surface area contributed by atoms with Crippen LogP contribution in [0.15, 0.2) is 18.3 Å². The smallest absolute Gasteiger partial charge is 0.307 e. The van der Waals surface area contributed by atoms with E-state index < -0.39 is 11.7 Å². The first-order chi connectivity index (χ1) is 8.55. The van der Waals surface area contributed by atoms with Crippen molar-refractivity contribution in [3.63, 3.8) is 0 Å². The third-order valence-corrected chi connectivity index (χ3v) is 3.13. The Labute approximate surface area is 101 Å². The van der Waals surface area contributed by atoms with Gasteiger partial charge in [0.25, 0.3) is 0 Å². The lowest BCUT2D eigenvalue weighted by molar-refractivity contribution is -0.137. The van der Waals surface area contributed by atoms with E-state index in [-0.39, 0.29) is 6.04 Å². The predicted octanol–water partition coefficient (Wildman–Crippen LogP) is 2.17. The second-order valence-corrected chi connectivity index (χ2v) is 4.35. The number of nitrogens with zero attached hydrogens (tertiary/aromatic N) is 3. The van der Waals surface area contributed by atoms with Crippen molar-refractivity contribution in [2.75, 3.05) is 6.54 Å². The number of aromatic nitrogens is 3. The zero-order valence-corrected chi connectivity index (χ0v) is 9.41. The van der Waals surface area contributed by atoms with Crippen molar-refractivity contribution >= 4 is 5.65 Å². The summed E-state index contributed by atoms with van der Waals surface area (Å²) in [5, 5.41) is 11.1. The van der Waals surface area contributed by atoms with Gasteiger partial charge in [0.15, 0.2) is 11.5 Å². The maximum absolute atomic E-state index is 12.7. The van der Waals surface area contributed by atoms with E-state index >= 15 is 0 Å². The average Bonchev–Trinajstić information content (AvgIpc) is 2.95. The molecule has 0 radical (unpaired) electrons. The van der Waals surface area contributed by atoms with Crippen molar-refractivity contribution in [3.05, 3.63) is 29.7 Å². The Morgan fingerprint density at radius 2 is 2.11 bits per heavy atom. The first-order valence-electron chi connectivity index (χ1n) is 5.71. The van der Waals surface area contributed by atoms with Gasteiger partial charge in [-0.1, -0.05) is 0 Å². The fourth-order valence-electron chi connectivity index (χ4n) is 2.22. The van der Waals surface area contributed by atoms with Crippen molar-refractivity contribution in [2.45, 2.75) is 25.1 Å². The summed E-state index contributed by atoms with van der Waals surface area (Å²) in [6.07, 6.45) is -1.42. The summed E-state index contributed by atoms with van der Waals surface area (Å²) in [7, 11) is 0. The van der Waals surface area contributed by atoms with Gasteiger partial charge in [0.2, 0.25) is 0 Å². The molecule has 1 aliphatic heterocycles. The number of hydrogen-bond acceptors (Lipinski definition) is 3. The second-order valence-electron chi connectivity index (χ2n) is 4.35. The number of halogens is 3. The molecule has 0 spiro atoms. The molecule has 0 bridgehead atoms. The molecule has 3 rings (SSSR count). The topological polar surface area (TPSA) is 42.2 Å². The molecule has 1 fully saturated rings. The van der Waals surface area contributed by atoms with Gasteiger partial charge in [-0.25, -0.2) is 0 Å². The van der Waals surface area contributed by atoms with Crippen molar-refractivity contribution in [1.29, 1.82) is 0 Å². The fourth-order valence-corrected chi connectivity index (χ4v) is 2.22. The predicted molar refractivity (Wildman–Crippen MR) is 58.0 cm³/mol. The zero-order valence-electron chi connectivity index (χ0n) is 9.41. The summed E-state index contributed by atoms with van der Waals surface area (Å²) in [5.41, 5.74) is -0.249. The van der Waals surface area contributed by atoms with Crippen LogP contribution in [0.5, 0.6) is 0 Å². The van der Waals surface area contributed by atoms with Crippen molar-refractivity contribution in [2.24, 2.45) is 0 Å². The first kappa shape index (κ1) is 11.5. The molecule has 18 heavy (non-hydrogen) atoms. The summed E-state index contributed by atoms with van der Waals surface area (Å²) >= 11 is 0. The van der Waals surface area contributed by atoms with Gasteiger partial charge < -0.3 is 5.32 Å². The molecule has 7 heteroatoms. The van der Waals surface area contributed by atoms with Crippen molar-refractivity contribution < 1.29 is 13.2 Å². The standard InChI is InChI=1S/C11H11F3N4/c12-11(13,14)7-3-4-9-16-17-10(18(9)6-7)8-2-1-5-15-8/h3-4,6,8,15H,1-2,5H2. The highest BCUT2D eigenvalue weighted by Crippen LogP contribution is 2.30. The second kappa shape index (κ2) is 3.94. The zero-order chi connectivity index (χ0) is 12.8. The van der Waals surface area contributed by atoms with Crippen LogP contribution in [0.4, 0.5) is 13.2 Å². The van der Waals surface area contributed by atoms with Gasteiger partial charge >= 0.3 is 6.18 Å². The lowest BCUT2D eigenvalue weighted by Gasteiger charge is -2.10. The molecular weight excluding hydrogens is 245 g/mol. The highest BCUT2D eigenvalue weighted by atomic mass is 19.4. The molecule has 0 amide bonds. The molecule has 0 aliphatic carbocycles. The van der Waals surface area contributed by atoms with Crippen LogP contribution in [-0.4, -0.2) is 21.1 Å². The largest absolute Gasteiger partial charge is 0.417 e. The highest BCUT2D eigenvalue weighted by Gasteiger charge is 2.31. The summed E-state index contributed by atoms with van der Waals surface area (Å²) in [6.45, 7) is 0.860. The molecule has 1 unspecified atom stereocenters. The Morgan fingerprint density at radius 3 is 2.78 bits per heavy atom. The molecule has 0 saturated carbocycles. The van der Waals surface area contributed by atoms with Gasteiger partial charge in [-0.2, -0.15) is 13.2 Å². The third-order valence-electron chi connectivity index (χ3n) is 3.13. The minimum atomic E-state index is -4.35. The molecule has 2 aromatic heterocycles. The van der Waals surface area contributed by atoms with Crippen LogP contribution >= 0.6 is 0 Å². The van der Waals surface area contributed by atoms with Gasteiger partial charge in [-0.05, 0) is 31.5 Å². The van der Waals surface area contributed by atoms with Gasteiger partial charge in [0, 0.05) is 6.20 Å². The molecule has 4 nitrogen and oxygen atoms in total. The van der Waals surface area contributed by atoms with Crippen molar-refractivity contribution in [3.8, 4) is 0 Å². The minimum absolute atomic E-state index is 0.0107. The van der Waals surface area contributed by atoms with E-state index in [0.29, 0.717) is 11.5 Å². The highest BCUT2D eigenvalue weighted by molar-refractivity contribution is 5.40. The van der Waals surface area contributed by atoms with E-state index in [2.05, 4.69) is 15.5 Å². The van der Waals surface area contributed by atoms with Gasteiger partial charge in [-0.3, -0.25) is 4.40 Å². The minimum Gasteiger partial charge on any atom is -0.307 e. The van der Waals surface area contributed by atoms with E-state index in [1.807, 2.05) is 0 Å². The molecule has 1 atom stereocenters. The van der Waals surface area contributed by atoms with Crippen LogP contribution in [-0.2, 0) is 6.18 Å². The Kier molecular flexibility index (Phi) is 2.51. The fraction of sp³-hybridized carbons (Fsp3) is 0.455. The van der Waals surface area contributed by atoms with E-state index in [4.69, 9.17) is 0 Å². The number of alkyl halides is 3. The number of hydrogen-bond donors (Lipinski definition) is 1. The Bertz CT molecular complexity index is 569. The van der Waals surface area contributed by atoms with Crippen LogP contribution < -0.4 is 5.32 Å². The summed E-state index contributed by atoms with van der Waals surface area (Å²) in [5.74, 6) is 0.550. The molecule has 0 aromatic carbocycles. The average molecular weight is 256 g/mol. The lowest BCUT2D eigenvalue weighted by Crippen LogP contribution is -2.16. The van der Waals surface area contributed by atoms with E-state index in [9.17, 15) is 13.2 Å². The van der Waals surface area contributed by atoms with Gasteiger partial charge in [0.05, 0.1) is 11.6 Å². The number of pyridine rings is 1. The number of fused-ring (bicyclic) bond motifs is 1. The molecule has 96 valence electrons. The van der Waals surface area contributed by atoms with E-state index in [1.165, 1.54) is 10.5 Å². The normalized spacial score (nSPS) is 20.7. The van der Waals surface area contributed by atoms with Crippen LogP contribution in [0.1, 0.15) is 30.3 Å². The van der Waals surface area contributed by atoms with Crippen LogP contribution in [0.2, 0.25) is 0 Å². The van der Waals surface area contributed by atoms with Crippen LogP contribution in [0, 0.1) is 0 Å². The van der Waals surface area contributed by atoms with Crippen LogP contribution in [0.25, 0.3) is 5.65 Å². The number of rotatable bonds is 1. The van der Waals surface area contributed by atoms with Crippen molar-refractivity contribution in [1.82, 2.24) is 19.9 Å². The molecular formula is C11H11F3N4. The van der Waals surface area contributed by atoms with E-state index in [0.717, 1.165) is 31.6 Å². The first-order valence-corrected chi connectivity index (χ1v) is 5.71. The summed E-state index contributed by atoms with van der Waals surface area (Å²) in [4.78, 5) is 0. The summed E-state index contributed by atoms with van der Waals surface area (Å²) < 4.78 is 39.4. The Balaban J connectivity index is 2.10. The summed E-state index contributed by atoms with van der Waals surface area (Å²) in [6, 6.07) is 2.35. The lowest BCUT2D eigenvalue weighted by atomic mass is 10.2. The molecule has 1 N–H and O–H groups in total. The van der Waals surface area contributed by atoms with Gasteiger partial charge in [-0.15, -0.1) is 10.2 Å². The Morgan fingerprint density at radius 1 is 1.28 bits per heavy atom. The quantitative estimate of drug-likeness (QED) is 0.850. The third kappa shape index (κ3) is 1.84. The molecule has 1 saturated heterocycles. The Hall–Kier alpha value is -1.63. The maximum atomic E-state index is 12.7. The monoisotopic (exact) mass is 256 g/mol. The van der Waals surface area contributed by atoms with E-state index in [1.54, 1.807) is 0 Å². The number of nitrogens with one attached hydrogen (secondary N) is 1. The van der Waals surface area contributed by atoms with Gasteiger partial charge in [0.1, 0.15) is 0 Å².